The van der Waals surface area contributed by atoms with Crippen LogP contribution in [0.1, 0.15) is 25.5 Å². The van der Waals surface area contributed by atoms with Crippen LogP contribution < -0.4 is 19.7 Å². The highest BCUT2D eigenvalue weighted by Crippen LogP contribution is 2.52. The third-order valence-corrected chi connectivity index (χ3v) is 5.81. The van der Waals surface area contributed by atoms with Crippen LogP contribution in [0.5, 0.6) is 11.5 Å². The molecule has 0 saturated carbocycles. The van der Waals surface area contributed by atoms with Crippen molar-refractivity contribution in [2.24, 2.45) is 5.92 Å². The predicted octanol–water partition coefficient (Wildman–Crippen LogP) is 3.33. The number of carbonyl (C=O) groups excluding carboxylic acids is 1. The number of nitrogens with zero attached hydrogens (tertiary/aromatic N) is 2. The lowest BCUT2D eigenvalue weighted by Crippen LogP contribution is -2.72. The first-order valence-corrected chi connectivity index (χ1v) is 10.1. The number of carbonyl (C=O) groups is 1. The second-order valence-electron chi connectivity index (χ2n) is 7.57. The summed E-state index contributed by atoms with van der Waals surface area (Å²) in [7, 11) is 3.53. The molecular formula is C22H25N3O3S. The van der Waals surface area contributed by atoms with Gasteiger partial charge in [0.05, 0.1) is 12.6 Å². The normalized spacial score (nSPS) is 24.8. The van der Waals surface area contributed by atoms with E-state index in [0.29, 0.717) is 23.2 Å². The Morgan fingerprint density at radius 2 is 1.97 bits per heavy atom. The molecule has 2 aliphatic heterocycles. The minimum absolute atomic E-state index is 0.0269. The van der Waals surface area contributed by atoms with Crippen molar-refractivity contribution in [1.82, 2.24) is 10.2 Å². The third-order valence-electron chi connectivity index (χ3n) is 5.51. The van der Waals surface area contributed by atoms with Gasteiger partial charge in [-0.05, 0) is 44.3 Å². The maximum Gasteiger partial charge on any atom is 0.233 e. The summed E-state index contributed by atoms with van der Waals surface area (Å²) in [4.78, 5) is 16.8. The summed E-state index contributed by atoms with van der Waals surface area (Å²) in [6.45, 7) is 4.39. The second kappa shape index (κ2) is 7.22. The third kappa shape index (κ3) is 3.00. The van der Waals surface area contributed by atoms with Crippen LogP contribution in [0.4, 0.5) is 5.69 Å². The average Bonchev–Trinajstić information content (AvgIpc) is 2.68. The molecule has 2 bridgehead atoms. The van der Waals surface area contributed by atoms with E-state index in [0.717, 1.165) is 11.3 Å². The van der Waals surface area contributed by atoms with Crippen molar-refractivity contribution < 1.29 is 14.3 Å². The molecule has 7 heteroatoms. The number of benzene rings is 2. The molecule has 2 aromatic carbocycles. The summed E-state index contributed by atoms with van der Waals surface area (Å²) in [5, 5.41) is 3.93. The number of amides is 1. The molecule has 0 radical (unpaired) electrons. The van der Waals surface area contributed by atoms with E-state index in [1.807, 2.05) is 67.3 Å². The monoisotopic (exact) mass is 411 g/mol. The smallest absolute Gasteiger partial charge is 0.233 e. The van der Waals surface area contributed by atoms with Crippen LogP contribution in [0.2, 0.25) is 0 Å². The van der Waals surface area contributed by atoms with E-state index in [9.17, 15) is 4.79 Å². The van der Waals surface area contributed by atoms with Crippen LogP contribution in [0, 0.1) is 5.92 Å². The van der Waals surface area contributed by atoms with Crippen molar-refractivity contribution in [3.8, 4) is 11.5 Å². The molecule has 2 aliphatic rings. The lowest BCUT2D eigenvalue weighted by molar-refractivity contribution is -0.144. The maximum atomic E-state index is 13.3. The molecule has 152 valence electrons. The zero-order valence-electron chi connectivity index (χ0n) is 17.0. The fourth-order valence-electron chi connectivity index (χ4n) is 4.26. The van der Waals surface area contributed by atoms with Crippen LogP contribution in [0.15, 0.2) is 48.5 Å². The molecule has 0 aromatic heterocycles. The number of rotatable bonds is 4. The highest BCUT2D eigenvalue weighted by Gasteiger charge is 2.59. The summed E-state index contributed by atoms with van der Waals surface area (Å²) in [6.07, 6.45) is 0. The number of hydrogen-bond donors (Lipinski definition) is 1. The molecular weight excluding hydrogens is 386 g/mol. The van der Waals surface area contributed by atoms with E-state index in [4.69, 9.17) is 21.7 Å². The van der Waals surface area contributed by atoms with Crippen LogP contribution in [-0.4, -0.2) is 42.3 Å². The van der Waals surface area contributed by atoms with Crippen molar-refractivity contribution in [2.45, 2.75) is 25.6 Å². The van der Waals surface area contributed by atoms with Gasteiger partial charge >= 0.3 is 0 Å². The Morgan fingerprint density at radius 1 is 1.24 bits per heavy atom. The van der Waals surface area contributed by atoms with E-state index in [-0.39, 0.29) is 11.9 Å². The molecule has 1 amide bonds. The zero-order valence-corrected chi connectivity index (χ0v) is 17.8. The number of fused-ring (bicyclic) bond motifs is 4. The Balaban J connectivity index is 1.93. The number of ether oxygens (including phenoxy) is 2. The fourth-order valence-corrected chi connectivity index (χ4v) is 4.67. The Kier molecular flexibility index (Phi) is 4.86. The lowest BCUT2D eigenvalue weighted by atomic mass is 9.78. The van der Waals surface area contributed by atoms with E-state index in [2.05, 4.69) is 5.32 Å². The zero-order chi connectivity index (χ0) is 20.8. The van der Waals surface area contributed by atoms with E-state index >= 15 is 0 Å². The summed E-state index contributed by atoms with van der Waals surface area (Å²) in [5.74, 6) is 0.787. The molecule has 1 saturated heterocycles. The van der Waals surface area contributed by atoms with Gasteiger partial charge in [0.25, 0.3) is 0 Å². The minimum Gasteiger partial charge on any atom is -0.490 e. The van der Waals surface area contributed by atoms with Gasteiger partial charge in [-0.25, -0.2) is 0 Å². The lowest BCUT2D eigenvalue weighted by Gasteiger charge is -2.56. The van der Waals surface area contributed by atoms with Crippen LogP contribution in [-0.2, 0) is 4.79 Å². The Bertz CT molecular complexity index is 950. The van der Waals surface area contributed by atoms with Crippen LogP contribution in [0.3, 0.4) is 0 Å². The molecule has 1 N–H and O–H groups in total. The highest BCUT2D eigenvalue weighted by atomic mass is 32.1. The van der Waals surface area contributed by atoms with Gasteiger partial charge in [0, 0.05) is 25.3 Å². The van der Waals surface area contributed by atoms with Gasteiger partial charge in [0.1, 0.15) is 5.92 Å². The molecule has 29 heavy (non-hydrogen) atoms. The van der Waals surface area contributed by atoms with E-state index in [1.165, 1.54) is 0 Å². The fraction of sp³-hybridized carbons (Fsp3) is 0.364. The van der Waals surface area contributed by atoms with Gasteiger partial charge in [-0.2, -0.15) is 0 Å². The molecule has 1 fully saturated rings. The summed E-state index contributed by atoms with van der Waals surface area (Å²) in [6, 6.07) is 15.2. The van der Waals surface area contributed by atoms with E-state index in [1.54, 1.807) is 19.0 Å². The van der Waals surface area contributed by atoms with Gasteiger partial charge < -0.3 is 19.7 Å². The molecule has 0 aliphatic carbocycles. The highest BCUT2D eigenvalue weighted by molar-refractivity contribution is 7.80. The molecule has 4 rings (SSSR count). The summed E-state index contributed by atoms with van der Waals surface area (Å²) in [5.41, 5.74) is 0.721. The largest absolute Gasteiger partial charge is 0.490 e. The number of anilines is 1. The van der Waals surface area contributed by atoms with Gasteiger partial charge in [0.2, 0.25) is 5.91 Å². The Hall–Kier alpha value is -2.80. The average molecular weight is 412 g/mol. The van der Waals surface area contributed by atoms with Crippen molar-refractivity contribution in [3.63, 3.8) is 0 Å². The predicted molar refractivity (Wildman–Crippen MR) is 116 cm³/mol. The number of para-hydroxylation sites is 2. The van der Waals surface area contributed by atoms with Gasteiger partial charge in [-0.3, -0.25) is 9.69 Å². The van der Waals surface area contributed by atoms with Gasteiger partial charge in [-0.15, -0.1) is 0 Å². The van der Waals surface area contributed by atoms with Crippen molar-refractivity contribution in [1.29, 1.82) is 0 Å². The van der Waals surface area contributed by atoms with E-state index < -0.39 is 11.6 Å². The first-order chi connectivity index (χ1) is 13.9. The van der Waals surface area contributed by atoms with Crippen molar-refractivity contribution in [2.75, 3.05) is 25.6 Å². The summed E-state index contributed by atoms with van der Waals surface area (Å²) >= 11 is 5.73. The standard InChI is InChI=1S/C22H25N3O3S/c1-5-27-16-13-9-12-15-18-17(20(26)24(3)4)22(2,28-19(15)16)25(21(29)23-18)14-10-7-6-8-11-14/h6-13,17-18H,5H2,1-4H3,(H,23,29)/t17-,18+,22+/m1/s1. The molecule has 2 heterocycles. The molecule has 3 atom stereocenters. The number of nitrogens with one attached hydrogen (secondary N) is 1. The van der Waals surface area contributed by atoms with Crippen LogP contribution in [0.25, 0.3) is 0 Å². The Labute approximate surface area is 176 Å². The van der Waals surface area contributed by atoms with Crippen LogP contribution >= 0.6 is 12.2 Å². The molecule has 0 spiro atoms. The summed E-state index contributed by atoms with van der Waals surface area (Å²) < 4.78 is 12.4. The van der Waals surface area contributed by atoms with Gasteiger partial charge in [0.15, 0.2) is 22.3 Å². The molecule has 6 nitrogen and oxygen atoms in total. The minimum atomic E-state index is -1.02. The number of thiocarbonyl (C=S) groups is 1. The SMILES string of the molecule is CCOc1cccc2c1O[C@@]1(C)[C@@H](C(=O)N(C)C)[C@H]2NC(=S)N1c1ccccc1. The topological polar surface area (TPSA) is 54.0 Å². The first-order valence-electron chi connectivity index (χ1n) is 9.70. The first kappa shape index (κ1) is 19.5. The quantitative estimate of drug-likeness (QED) is 0.779. The van der Waals surface area contributed by atoms with Gasteiger partial charge in [-0.1, -0.05) is 30.3 Å². The second-order valence-corrected chi connectivity index (χ2v) is 7.96. The van der Waals surface area contributed by atoms with Crippen molar-refractivity contribution in [3.05, 3.63) is 54.1 Å². The number of hydrogen-bond acceptors (Lipinski definition) is 4. The molecule has 0 unspecified atom stereocenters. The molecule has 2 aromatic rings. The maximum absolute atomic E-state index is 13.3. The Morgan fingerprint density at radius 3 is 2.62 bits per heavy atom. The van der Waals surface area contributed by atoms with Crippen molar-refractivity contribution >= 4 is 28.9 Å².